The zero-order valence-corrected chi connectivity index (χ0v) is 20.8. The maximum atomic E-state index is 10.3. The van der Waals surface area contributed by atoms with Crippen LogP contribution in [-0.4, -0.2) is 73.7 Å². The first-order valence-corrected chi connectivity index (χ1v) is 12.5. The second-order valence-corrected chi connectivity index (χ2v) is 9.86. The SMILES string of the molecule is COc1cc(NC2=NC(c3ccc4c(c3)OCCN4)=CN3CCN=C23)ccc1N1CCC(C)(O)CC1. The molecule has 0 aromatic heterocycles. The second-order valence-electron chi connectivity index (χ2n) is 9.86. The number of hydrogen-bond acceptors (Lipinski definition) is 9. The lowest BCUT2D eigenvalue weighted by Gasteiger charge is -2.37. The Labute approximate surface area is 211 Å². The lowest BCUT2D eigenvalue weighted by atomic mass is 9.93. The summed E-state index contributed by atoms with van der Waals surface area (Å²) in [6.07, 6.45) is 3.53. The van der Waals surface area contributed by atoms with E-state index in [0.717, 1.165) is 91.2 Å². The summed E-state index contributed by atoms with van der Waals surface area (Å²) >= 11 is 0. The molecule has 6 rings (SSSR count). The lowest BCUT2D eigenvalue weighted by Crippen LogP contribution is -2.42. The normalized spacial score (nSPS) is 20.2. The van der Waals surface area contributed by atoms with Crippen molar-refractivity contribution < 1.29 is 14.6 Å². The number of hydrogen-bond donors (Lipinski definition) is 3. The summed E-state index contributed by atoms with van der Waals surface area (Å²) in [4.78, 5) is 14.1. The molecular weight excluding hydrogens is 456 g/mol. The summed E-state index contributed by atoms with van der Waals surface area (Å²) in [5, 5.41) is 17.2. The highest BCUT2D eigenvalue weighted by atomic mass is 16.5. The molecule has 0 bridgehead atoms. The van der Waals surface area contributed by atoms with Gasteiger partial charge in [-0.25, -0.2) is 4.99 Å². The smallest absolute Gasteiger partial charge is 0.174 e. The van der Waals surface area contributed by atoms with E-state index in [1.165, 1.54) is 0 Å². The van der Waals surface area contributed by atoms with Gasteiger partial charge in [0.2, 0.25) is 0 Å². The fourth-order valence-electron chi connectivity index (χ4n) is 5.04. The summed E-state index contributed by atoms with van der Waals surface area (Å²) in [6, 6.07) is 12.3. The van der Waals surface area contributed by atoms with E-state index in [4.69, 9.17) is 14.5 Å². The van der Waals surface area contributed by atoms with E-state index in [2.05, 4.69) is 43.8 Å². The molecule has 0 saturated carbocycles. The number of benzene rings is 2. The molecule has 0 radical (unpaired) electrons. The number of aliphatic imine (C=N–C) groups is 2. The van der Waals surface area contributed by atoms with Crippen molar-refractivity contribution in [3.63, 3.8) is 0 Å². The number of fused-ring (bicyclic) bond motifs is 2. The fraction of sp³-hybridized carbons (Fsp3) is 0.407. The number of ether oxygens (including phenoxy) is 2. The number of methoxy groups -OCH3 is 1. The number of amidine groups is 2. The van der Waals surface area contributed by atoms with Crippen LogP contribution in [0.5, 0.6) is 11.5 Å². The van der Waals surface area contributed by atoms with Crippen LogP contribution in [0.15, 0.2) is 52.6 Å². The Kier molecular flexibility index (Phi) is 5.72. The zero-order chi connectivity index (χ0) is 24.7. The van der Waals surface area contributed by atoms with E-state index in [-0.39, 0.29) is 0 Å². The third-order valence-electron chi connectivity index (χ3n) is 7.17. The molecule has 188 valence electrons. The van der Waals surface area contributed by atoms with E-state index in [0.29, 0.717) is 12.4 Å². The monoisotopic (exact) mass is 488 g/mol. The van der Waals surface area contributed by atoms with Gasteiger partial charge in [0.15, 0.2) is 11.7 Å². The van der Waals surface area contributed by atoms with Crippen molar-refractivity contribution in [1.29, 1.82) is 0 Å². The van der Waals surface area contributed by atoms with Gasteiger partial charge in [-0.3, -0.25) is 4.99 Å². The van der Waals surface area contributed by atoms with Crippen molar-refractivity contribution in [2.24, 2.45) is 9.98 Å². The standard InChI is InChI=1S/C27H32N6O3/c1-27(34)7-11-32(12-8-27)22-6-4-19(16-24(22)35-2)30-25-26-29-9-13-33(26)17-21(31-25)18-3-5-20-23(15-18)36-14-10-28-20/h3-6,15-17,28,34H,7-14H2,1-2H3,(H,30,31). The highest BCUT2D eigenvalue weighted by molar-refractivity contribution is 6.46. The van der Waals surface area contributed by atoms with Gasteiger partial charge in [0, 0.05) is 49.7 Å². The average Bonchev–Trinajstić information content (AvgIpc) is 3.38. The van der Waals surface area contributed by atoms with Gasteiger partial charge in [0.05, 0.1) is 36.3 Å². The van der Waals surface area contributed by atoms with Gasteiger partial charge < -0.3 is 35.0 Å². The minimum absolute atomic E-state index is 0.593. The molecule has 36 heavy (non-hydrogen) atoms. The Morgan fingerprint density at radius 2 is 2.00 bits per heavy atom. The van der Waals surface area contributed by atoms with Crippen molar-refractivity contribution in [2.45, 2.75) is 25.4 Å². The topological polar surface area (TPSA) is 93.9 Å². The first kappa shape index (κ1) is 22.7. The maximum Gasteiger partial charge on any atom is 0.174 e. The fourth-order valence-corrected chi connectivity index (χ4v) is 5.04. The first-order valence-electron chi connectivity index (χ1n) is 12.5. The van der Waals surface area contributed by atoms with Gasteiger partial charge in [-0.1, -0.05) is 6.07 Å². The molecule has 1 fully saturated rings. The Morgan fingerprint density at radius 1 is 1.14 bits per heavy atom. The molecule has 0 aliphatic carbocycles. The van der Waals surface area contributed by atoms with Crippen LogP contribution in [-0.2, 0) is 0 Å². The third-order valence-corrected chi connectivity index (χ3v) is 7.17. The van der Waals surface area contributed by atoms with Crippen LogP contribution < -0.4 is 25.0 Å². The molecule has 1 saturated heterocycles. The van der Waals surface area contributed by atoms with Crippen LogP contribution in [0.4, 0.5) is 17.1 Å². The molecule has 9 nitrogen and oxygen atoms in total. The quantitative estimate of drug-likeness (QED) is 0.607. The number of anilines is 3. The van der Waals surface area contributed by atoms with Gasteiger partial charge in [0.25, 0.3) is 0 Å². The van der Waals surface area contributed by atoms with Crippen molar-refractivity contribution in [3.05, 3.63) is 48.2 Å². The highest BCUT2D eigenvalue weighted by Gasteiger charge is 2.29. The molecule has 4 heterocycles. The van der Waals surface area contributed by atoms with Gasteiger partial charge in [0.1, 0.15) is 18.1 Å². The summed E-state index contributed by atoms with van der Waals surface area (Å²) in [6.45, 7) is 6.52. The second kappa shape index (κ2) is 9.05. The third kappa shape index (κ3) is 4.35. The molecule has 0 unspecified atom stereocenters. The number of piperidine rings is 1. The zero-order valence-electron chi connectivity index (χ0n) is 20.8. The van der Waals surface area contributed by atoms with Crippen LogP contribution in [0.1, 0.15) is 25.3 Å². The van der Waals surface area contributed by atoms with Crippen LogP contribution in [0.3, 0.4) is 0 Å². The van der Waals surface area contributed by atoms with Crippen LogP contribution in [0, 0.1) is 0 Å². The lowest BCUT2D eigenvalue weighted by molar-refractivity contribution is 0.0350. The van der Waals surface area contributed by atoms with Crippen LogP contribution >= 0.6 is 0 Å². The predicted molar refractivity (Wildman–Crippen MR) is 144 cm³/mol. The van der Waals surface area contributed by atoms with Gasteiger partial charge in [-0.15, -0.1) is 0 Å². The Morgan fingerprint density at radius 3 is 2.83 bits per heavy atom. The van der Waals surface area contributed by atoms with Crippen molar-refractivity contribution in [3.8, 4) is 11.5 Å². The average molecular weight is 489 g/mol. The number of nitrogens with one attached hydrogen (secondary N) is 2. The molecule has 4 aliphatic rings. The molecule has 3 N–H and O–H groups in total. The Hall–Kier alpha value is -3.72. The largest absolute Gasteiger partial charge is 0.495 e. The Balaban J connectivity index is 1.27. The van der Waals surface area contributed by atoms with Crippen molar-refractivity contribution in [1.82, 2.24) is 4.90 Å². The number of aliphatic hydroxyl groups is 1. The summed E-state index contributed by atoms with van der Waals surface area (Å²) in [7, 11) is 1.69. The van der Waals surface area contributed by atoms with Crippen molar-refractivity contribution >= 4 is 34.4 Å². The summed E-state index contributed by atoms with van der Waals surface area (Å²) < 4.78 is 11.6. The number of nitrogens with zero attached hydrogens (tertiary/aromatic N) is 4. The highest BCUT2D eigenvalue weighted by Crippen LogP contribution is 2.36. The Bertz CT molecular complexity index is 1260. The van der Waals surface area contributed by atoms with Gasteiger partial charge in [-0.05, 0) is 44.0 Å². The van der Waals surface area contributed by atoms with Crippen LogP contribution in [0.2, 0.25) is 0 Å². The summed E-state index contributed by atoms with van der Waals surface area (Å²) in [5.74, 6) is 3.20. The molecule has 0 amide bonds. The van der Waals surface area contributed by atoms with E-state index in [1.54, 1.807) is 7.11 Å². The predicted octanol–water partition coefficient (Wildman–Crippen LogP) is 3.39. The van der Waals surface area contributed by atoms with Crippen molar-refractivity contribution in [2.75, 3.05) is 62.0 Å². The molecule has 0 spiro atoms. The molecule has 2 aromatic rings. The molecule has 2 aromatic carbocycles. The number of rotatable bonds is 4. The first-order chi connectivity index (χ1) is 17.5. The maximum absolute atomic E-state index is 10.3. The van der Waals surface area contributed by atoms with Gasteiger partial charge >= 0.3 is 0 Å². The molecule has 0 atom stereocenters. The van der Waals surface area contributed by atoms with E-state index >= 15 is 0 Å². The van der Waals surface area contributed by atoms with E-state index in [1.807, 2.05) is 31.2 Å². The molecule has 9 heteroatoms. The minimum atomic E-state index is -0.593. The van der Waals surface area contributed by atoms with E-state index < -0.39 is 5.60 Å². The molecular formula is C27H32N6O3. The summed E-state index contributed by atoms with van der Waals surface area (Å²) in [5.41, 5.74) is 4.19. The minimum Gasteiger partial charge on any atom is -0.495 e. The molecule has 4 aliphatic heterocycles. The van der Waals surface area contributed by atoms with Crippen LogP contribution in [0.25, 0.3) is 5.70 Å². The van der Waals surface area contributed by atoms with E-state index in [9.17, 15) is 5.11 Å². The van der Waals surface area contributed by atoms with Gasteiger partial charge in [-0.2, -0.15) is 0 Å².